The molecule has 2 aromatic rings. The van der Waals surface area contributed by atoms with Crippen LogP contribution in [0.3, 0.4) is 0 Å². The van der Waals surface area contributed by atoms with E-state index in [1.807, 2.05) is 0 Å². The second kappa shape index (κ2) is 6.17. The number of hydrogen-bond acceptors (Lipinski definition) is 2. The van der Waals surface area contributed by atoms with Crippen LogP contribution in [0, 0.1) is 8.80 Å². The van der Waals surface area contributed by atoms with Crippen LogP contribution in [0.5, 0.6) is 0 Å². The lowest BCUT2D eigenvalue weighted by Gasteiger charge is -2.12. The molecule has 0 spiro atoms. The van der Waals surface area contributed by atoms with Crippen molar-refractivity contribution >= 4 is 33.9 Å². The molecule has 0 aliphatic carbocycles. The molecular weight excluding hydrogens is 353 g/mol. The van der Waals surface area contributed by atoms with Gasteiger partial charge in [0, 0.05) is 0 Å². The van der Waals surface area contributed by atoms with Gasteiger partial charge >= 0.3 is 0 Å². The minimum absolute atomic E-state index is 0.00198. The first kappa shape index (κ1) is 14.0. The highest BCUT2D eigenvalue weighted by Gasteiger charge is 2.10. The van der Waals surface area contributed by atoms with Gasteiger partial charge < -0.3 is 5.73 Å². The number of hydrogen-bond donors (Lipinski definition) is 1. The van der Waals surface area contributed by atoms with E-state index in [4.69, 9.17) is 5.73 Å². The van der Waals surface area contributed by atoms with Crippen molar-refractivity contribution in [3.8, 4) is 0 Å². The highest BCUT2D eigenvalue weighted by atomic mass is 127. The van der Waals surface area contributed by atoms with E-state index < -0.39 is 0 Å². The van der Waals surface area contributed by atoms with E-state index in [-0.39, 0.29) is 6.04 Å². The predicted molar refractivity (Wildman–Crippen MR) is 88.1 cm³/mol. The maximum Gasteiger partial charge on any atom is 0.0656 e. The molecule has 0 aliphatic heterocycles. The van der Waals surface area contributed by atoms with Crippen LogP contribution in [0.4, 0.5) is 0 Å². The molecule has 0 bridgehead atoms. The van der Waals surface area contributed by atoms with Gasteiger partial charge in [-0.05, 0) is 63.1 Å². The Labute approximate surface area is 127 Å². The van der Waals surface area contributed by atoms with Crippen molar-refractivity contribution in [1.29, 1.82) is 0 Å². The molecule has 1 nitrogen and oxygen atoms in total. The van der Waals surface area contributed by atoms with Crippen molar-refractivity contribution in [3.05, 3.63) is 55.3 Å². The third-order valence-electron chi connectivity index (χ3n) is 2.93. The van der Waals surface area contributed by atoms with Crippen LogP contribution in [0.25, 0.3) is 0 Å². The first-order valence-electron chi connectivity index (χ1n) is 6.14. The molecule has 1 aromatic heterocycles. The Morgan fingerprint density at radius 2 is 1.83 bits per heavy atom. The smallest absolute Gasteiger partial charge is 0.0656 e. The van der Waals surface area contributed by atoms with E-state index in [1.54, 1.807) is 11.3 Å². The third kappa shape index (κ3) is 3.56. The van der Waals surface area contributed by atoms with E-state index in [0.717, 1.165) is 6.42 Å². The van der Waals surface area contributed by atoms with Crippen LogP contribution in [0.2, 0.25) is 0 Å². The fraction of sp³-hybridized carbons (Fsp3) is 0.333. The minimum Gasteiger partial charge on any atom is -0.320 e. The first-order valence-corrected chi connectivity index (χ1v) is 8.10. The maximum absolute atomic E-state index is 6.28. The lowest BCUT2D eigenvalue weighted by atomic mass is 9.98. The van der Waals surface area contributed by atoms with Gasteiger partial charge in [0.05, 0.1) is 8.93 Å². The average Bonchev–Trinajstić information content (AvgIpc) is 2.75. The van der Waals surface area contributed by atoms with E-state index in [9.17, 15) is 0 Å². The Kier molecular flexibility index (Phi) is 4.81. The summed E-state index contributed by atoms with van der Waals surface area (Å²) in [6, 6.07) is 10.9. The Hall–Kier alpha value is -0.390. The Bertz CT molecular complexity index is 501. The van der Waals surface area contributed by atoms with Crippen molar-refractivity contribution in [1.82, 2.24) is 0 Å². The molecular formula is C15H18INS. The second-order valence-corrected chi connectivity index (χ2v) is 7.81. The lowest BCUT2D eigenvalue weighted by molar-refractivity contribution is 0.647. The van der Waals surface area contributed by atoms with Gasteiger partial charge in [-0.25, -0.2) is 0 Å². The highest BCUT2D eigenvalue weighted by molar-refractivity contribution is 14.1. The van der Waals surface area contributed by atoms with Crippen molar-refractivity contribution in [2.24, 2.45) is 11.7 Å². The normalized spacial score (nSPS) is 12.9. The summed E-state index contributed by atoms with van der Waals surface area (Å²) in [5.74, 6) is 0.697. The monoisotopic (exact) mass is 371 g/mol. The van der Waals surface area contributed by atoms with Gasteiger partial charge in [-0.2, -0.15) is 0 Å². The predicted octanol–water partition coefficient (Wildman–Crippen LogP) is 4.60. The quantitative estimate of drug-likeness (QED) is 0.781. The van der Waals surface area contributed by atoms with E-state index in [2.05, 4.69) is 72.2 Å². The minimum atomic E-state index is -0.00198. The summed E-state index contributed by atoms with van der Waals surface area (Å²) in [4.78, 5) is 0. The zero-order chi connectivity index (χ0) is 13.1. The first-order chi connectivity index (χ1) is 8.56. The van der Waals surface area contributed by atoms with Gasteiger partial charge in [0.1, 0.15) is 0 Å². The lowest BCUT2D eigenvalue weighted by Crippen LogP contribution is -2.10. The van der Waals surface area contributed by atoms with Gasteiger partial charge in [-0.15, -0.1) is 11.3 Å². The molecule has 3 heteroatoms. The molecule has 0 aliphatic rings. The molecule has 1 aromatic carbocycles. The summed E-state index contributed by atoms with van der Waals surface area (Å²) in [5, 5.41) is 2.15. The molecule has 0 saturated carbocycles. The van der Waals surface area contributed by atoms with Gasteiger partial charge in [-0.3, -0.25) is 0 Å². The van der Waals surface area contributed by atoms with Crippen molar-refractivity contribution in [2.75, 3.05) is 0 Å². The molecule has 96 valence electrons. The van der Waals surface area contributed by atoms with Crippen molar-refractivity contribution < 1.29 is 0 Å². The molecule has 0 fully saturated rings. The zero-order valence-corrected chi connectivity index (χ0v) is 13.7. The fourth-order valence-corrected chi connectivity index (χ4v) is 3.42. The number of thiophene rings is 1. The maximum atomic E-state index is 6.28. The van der Waals surface area contributed by atoms with Crippen LogP contribution >= 0.6 is 33.9 Å². The summed E-state index contributed by atoms with van der Waals surface area (Å²) < 4.78 is 1.29. The van der Waals surface area contributed by atoms with E-state index >= 15 is 0 Å². The standard InChI is InChI=1S/C15H18INS/c1-10(2)7-11-3-5-12(6-4-11)15(17)13-8-14(16)18-9-13/h3-6,8-10,15H,7,17H2,1-2H3. The average molecular weight is 371 g/mol. The largest absolute Gasteiger partial charge is 0.320 e. The van der Waals surface area contributed by atoms with Crippen LogP contribution in [-0.2, 0) is 6.42 Å². The molecule has 2 N–H and O–H groups in total. The van der Waals surface area contributed by atoms with E-state index in [0.29, 0.717) is 5.92 Å². The molecule has 2 rings (SSSR count). The fourth-order valence-electron chi connectivity index (χ4n) is 2.01. The summed E-state index contributed by atoms with van der Waals surface area (Å²) in [7, 11) is 0. The summed E-state index contributed by atoms with van der Waals surface area (Å²) in [6.45, 7) is 4.49. The zero-order valence-electron chi connectivity index (χ0n) is 10.7. The summed E-state index contributed by atoms with van der Waals surface area (Å²) in [5.41, 5.74) is 10.1. The molecule has 1 heterocycles. The van der Waals surface area contributed by atoms with Gasteiger partial charge in [0.2, 0.25) is 0 Å². The van der Waals surface area contributed by atoms with E-state index in [1.165, 1.54) is 19.6 Å². The third-order valence-corrected chi connectivity index (χ3v) is 4.74. The van der Waals surface area contributed by atoms with Gasteiger partial charge in [0.15, 0.2) is 0 Å². The van der Waals surface area contributed by atoms with Crippen LogP contribution in [0.15, 0.2) is 35.7 Å². The molecule has 0 saturated heterocycles. The number of halogens is 1. The topological polar surface area (TPSA) is 26.0 Å². The molecule has 1 unspecified atom stereocenters. The molecule has 18 heavy (non-hydrogen) atoms. The highest BCUT2D eigenvalue weighted by Crippen LogP contribution is 2.26. The van der Waals surface area contributed by atoms with Crippen molar-refractivity contribution in [3.63, 3.8) is 0 Å². The molecule has 0 radical (unpaired) electrons. The Morgan fingerprint density at radius 1 is 1.17 bits per heavy atom. The number of nitrogens with two attached hydrogens (primary N) is 1. The molecule has 0 amide bonds. The number of benzene rings is 1. The van der Waals surface area contributed by atoms with Crippen molar-refractivity contribution in [2.45, 2.75) is 26.3 Å². The second-order valence-electron chi connectivity index (χ2n) is 5.00. The van der Waals surface area contributed by atoms with Gasteiger partial charge in [0.25, 0.3) is 0 Å². The Balaban J connectivity index is 2.14. The summed E-state index contributed by atoms with van der Waals surface area (Å²) in [6.07, 6.45) is 1.13. The SMILES string of the molecule is CC(C)Cc1ccc(C(N)c2csc(I)c2)cc1. The van der Waals surface area contributed by atoms with Gasteiger partial charge in [-0.1, -0.05) is 38.1 Å². The summed E-state index contributed by atoms with van der Waals surface area (Å²) >= 11 is 4.08. The Morgan fingerprint density at radius 3 is 2.33 bits per heavy atom. The van der Waals surface area contributed by atoms with Crippen LogP contribution in [0.1, 0.15) is 36.6 Å². The number of rotatable bonds is 4. The van der Waals surface area contributed by atoms with Crippen LogP contribution in [-0.4, -0.2) is 0 Å². The van der Waals surface area contributed by atoms with Crippen LogP contribution < -0.4 is 5.73 Å². The molecule has 1 atom stereocenters.